The minimum absolute atomic E-state index is 0. The lowest BCUT2D eigenvalue weighted by molar-refractivity contribution is 0.349. The maximum Gasteiger partial charge on any atom is 0.0935 e. The summed E-state index contributed by atoms with van der Waals surface area (Å²) in [7, 11) is 2.21. The normalized spacial score (nSPS) is 20.0. The molecule has 25 heavy (non-hydrogen) atoms. The quantitative estimate of drug-likeness (QED) is 0.746. The van der Waals surface area contributed by atoms with Crippen LogP contribution in [0.2, 0.25) is 0 Å². The minimum atomic E-state index is 0. The number of hydrogen-bond donors (Lipinski definition) is 1. The second kappa shape index (κ2) is 7.85. The fourth-order valence-corrected chi connectivity index (χ4v) is 3.84. The maximum absolute atomic E-state index is 4.63. The molecule has 3 nitrogen and oxygen atoms in total. The highest BCUT2D eigenvalue weighted by atomic mass is 35.5. The first kappa shape index (κ1) is 17.7. The van der Waals surface area contributed by atoms with Crippen LogP contribution in [-0.2, 0) is 0 Å². The molecular formula is C21H24ClN3. The fourth-order valence-electron chi connectivity index (χ4n) is 3.84. The van der Waals surface area contributed by atoms with Crippen molar-refractivity contribution in [1.82, 2.24) is 10.3 Å². The molecule has 0 spiro atoms. The lowest BCUT2D eigenvalue weighted by atomic mass is 9.91. The zero-order valence-electron chi connectivity index (χ0n) is 14.4. The SMILES string of the molecule is CN(c1cccc2cccnc12)[C@H]1CCCN[C@H]1c1ccccc1.Cl. The Hall–Kier alpha value is -2.10. The van der Waals surface area contributed by atoms with Gasteiger partial charge in [0.05, 0.1) is 17.2 Å². The first-order chi connectivity index (χ1) is 11.8. The summed E-state index contributed by atoms with van der Waals surface area (Å²) in [6.45, 7) is 1.08. The summed E-state index contributed by atoms with van der Waals surface area (Å²) in [6.07, 6.45) is 4.27. The minimum Gasteiger partial charge on any atom is -0.368 e. The number of halogens is 1. The summed E-state index contributed by atoms with van der Waals surface area (Å²) in [5.41, 5.74) is 3.66. The molecule has 1 saturated heterocycles. The number of nitrogens with one attached hydrogen (secondary N) is 1. The van der Waals surface area contributed by atoms with Crippen LogP contribution in [0.15, 0.2) is 66.9 Å². The number of aromatic nitrogens is 1. The van der Waals surface area contributed by atoms with E-state index < -0.39 is 0 Å². The second-order valence-corrected chi connectivity index (χ2v) is 6.52. The zero-order valence-corrected chi connectivity index (χ0v) is 15.2. The lowest BCUT2D eigenvalue weighted by Gasteiger charge is -2.40. The molecule has 0 amide bonds. The van der Waals surface area contributed by atoms with Crippen molar-refractivity contribution in [3.8, 4) is 0 Å². The zero-order chi connectivity index (χ0) is 16.4. The van der Waals surface area contributed by atoms with Crippen molar-refractivity contribution in [2.24, 2.45) is 0 Å². The van der Waals surface area contributed by atoms with Gasteiger partial charge in [0, 0.05) is 24.7 Å². The fraction of sp³-hybridized carbons (Fsp3) is 0.286. The van der Waals surface area contributed by atoms with Crippen molar-refractivity contribution in [3.63, 3.8) is 0 Å². The summed E-state index contributed by atoms with van der Waals surface area (Å²) < 4.78 is 0. The van der Waals surface area contributed by atoms with Gasteiger partial charge in [0.2, 0.25) is 0 Å². The summed E-state index contributed by atoms with van der Waals surface area (Å²) in [5, 5.41) is 4.92. The van der Waals surface area contributed by atoms with Crippen molar-refractivity contribution < 1.29 is 0 Å². The third-order valence-electron chi connectivity index (χ3n) is 5.07. The molecule has 1 aliphatic heterocycles. The molecule has 2 heterocycles. The highest BCUT2D eigenvalue weighted by Crippen LogP contribution is 2.33. The van der Waals surface area contributed by atoms with Crippen LogP contribution in [0.25, 0.3) is 10.9 Å². The standard InChI is InChI=1S/C21H23N3.ClH/c1-24(18-12-5-10-17-11-6-14-22-21(17)18)19-13-7-15-23-20(19)16-8-3-2-4-9-16;/h2-6,8-12,14,19-20,23H,7,13,15H2,1H3;1H/t19-,20-;/m0./s1. The van der Waals surface area contributed by atoms with Crippen molar-refractivity contribution >= 4 is 29.0 Å². The predicted molar refractivity (Wildman–Crippen MR) is 108 cm³/mol. The van der Waals surface area contributed by atoms with Crippen LogP contribution in [0, 0.1) is 0 Å². The number of likely N-dealkylation sites (N-methyl/N-ethyl adjacent to an activating group) is 1. The Kier molecular flexibility index (Phi) is 5.57. The van der Waals surface area contributed by atoms with Crippen LogP contribution < -0.4 is 10.2 Å². The van der Waals surface area contributed by atoms with Gasteiger partial charge in [0.25, 0.3) is 0 Å². The smallest absolute Gasteiger partial charge is 0.0935 e. The number of piperidine rings is 1. The second-order valence-electron chi connectivity index (χ2n) is 6.52. The summed E-state index contributed by atoms with van der Waals surface area (Å²) in [5.74, 6) is 0. The first-order valence-corrected chi connectivity index (χ1v) is 8.69. The van der Waals surface area contributed by atoms with Crippen LogP contribution in [0.1, 0.15) is 24.4 Å². The topological polar surface area (TPSA) is 28.2 Å². The monoisotopic (exact) mass is 353 g/mol. The molecule has 3 aromatic rings. The van der Waals surface area contributed by atoms with Crippen molar-refractivity contribution in [3.05, 3.63) is 72.4 Å². The Balaban J connectivity index is 0.00000182. The van der Waals surface area contributed by atoms with Crippen LogP contribution >= 0.6 is 12.4 Å². The van der Waals surface area contributed by atoms with Crippen molar-refractivity contribution in [1.29, 1.82) is 0 Å². The lowest BCUT2D eigenvalue weighted by Crippen LogP contribution is -2.47. The largest absolute Gasteiger partial charge is 0.368 e. The number of pyridine rings is 1. The van der Waals surface area contributed by atoms with Gasteiger partial charge >= 0.3 is 0 Å². The van der Waals surface area contributed by atoms with E-state index in [1.54, 1.807) is 0 Å². The summed E-state index contributed by atoms with van der Waals surface area (Å²) in [4.78, 5) is 7.05. The molecule has 4 rings (SSSR count). The third-order valence-corrected chi connectivity index (χ3v) is 5.07. The van der Waals surface area contributed by atoms with Gasteiger partial charge in [0.1, 0.15) is 0 Å². The molecule has 0 aliphatic carbocycles. The summed E-state index contributed by atoms with van der Waals surface area (Å²) >= 11 is 0. The number of rotatable bonds is 3. The Morgan fingerprint density at radius 1 is 1.00 bits per heavy atom. The van der Waals surface area contributed by atoms with Crippen LogP contribution in [-0.4, -0.2) is 24.6 Å². The van der Waals surface area contributed by atoms with E-state index in [1.165, 1.54) is 29.5 Å². The van der Waals surface area contributed by atoms with E-state index in [0.29, 0.717) is 12.1 Å². The molecule has 2 aromatic carbocycles. The summed E-state index contributed by atoms with van der Waals surface area (Å²) in [6, 6.07) is 22.1. The maximum atomic E-state index is 4.63. The van der Waals surface area contributed by atoms with E-state index in [4.69, 9.17) is 0 Å². The molecule has 0 unspecified atom stereocenters. The number of para-hydroxylation sites is 1. The molecule has 1 aromatic heterocycles. The van der Waals surface area contributed by atoms with E-state index in [1.807, 2.05) is 12.3 Å². The van der Waals surface area contributed by atoms with Crippen molar-refractivity contribution in [2.45, 2.75) is 24.9 Å². The van der Waals surface area contributed by atoms with E-state index in [0.717, 1.165) is 12.1 Å². The highest BCUT2D eigenvalue weighted by molar-refractivity contribution is 5.90. The van der Waals surface area contributed by atoms with Gasteiger partial charge in [-0.05, 0) is 37.1 Å². The average Bonchev–Trinajstić information content (AvgIpc) is 2.68. The Bertz CT molecular complexity index is 816. The first-order valence-electron chi connectivity index (χ1n) is 8.69. The van der Waals surface area contributed by atoms with Gasteiger partial charge in [-0.1, -0.05) is 48.5 Å². The molecule has 0 radical (unpaired) electrons. The van der Waals surface area contributed by atoms with Gasteiger partial charge in [0.15, 0.2) is 0 Å². The Labute approximate surface area is 155 Å². The molecule has 130 valence electrons. The van der Waals surface area contributed by atoms with E-state index in [-0.39, 0.29) is 12.4 Å². The molecule has 2 atom stereocenters. The van der Waals surface area contributed by atoms with Crippen LogP contribution in [0.5, 0.6) is 0 Å². The molecule has 1 N–H and O–H groups in total. The molecule has 1 fully saturated rings. The van der Waals surface area contributed by atoms with Gasteiger partial charge in [-0.15, -0.1) is 12.4 Å². The van der Waals surface area contributed by atoms with E-state index in [9.17, 15) is 0 Å². The average molecular weight is 354 g/mol. The number of hydrogen-bond acceptors (Lipinski definition) is 3. The molecule has 0 bridgehead atoms. The van der Waals surface area contributed by atoms with E-state index in [2.05, 4.69) is 76.8 Å². The van der Waals surface area contributed by atoms with Gasteiger partial charge in [-0.3, -0.25) is 4.98 Å². The predicted octanol–water partition coefficient (Wildman–Crippen LogP) is 4.59. The van der Waals surface area contributed by atoms with Gasteiger partial charge < -0.3 is 10.2 Å². The molecule has 0 saturated carbocycles. The van der Waals surface area contributed by atoms with Crippen LogP contribution in [0.3, 0.4) is 0 Å². The number of anilines is 1. The number of benzene rings is 2. The van der Waals surface area contributed by atoms with Crippen molar-refractivity contribution in [2.75, 3.05) is 18.5 Å². The van der Waals surface area contributed by atoms with E-state index >= 15 is 0 Å². The van der Waals surface area contributed by atoms with Gasteiger partial charge in [-0.2, -0.15) is 0 Å². The molecule has 1 aliphatic rings. The molecular weight excluding hydrogens is 330 g/mol. The highest BCUT2D eigenvalue weighted by Gasteiger charge is 2.30. The Morgan fingerprint density at radius 3 is 2.64 bits per heavy atom. The molecule has 4 heteroatoms. The number of fused-ring (bicyclic) bond motifs is 1. The third kappa shape index (κ3) is 3.48. The Morgan fingerprint density at radius 2 is 1.80 bits per heavy atom. The van der Waals surface area contributed by atoms with Crippen LogP contribution in [0.4, 0.5) is 5.69 Å². The number of nitrogens with zero attached hydrogens (tertiary/aromatic N) is 2. The van der Waals surface area contributed by atoms with Gasteiger partial charge in [-0.25, -0.2) is 0 Å².